The molecule has 5 rings (SSSR count). The van der Waals surface area contributed by atoms with E-state index in [4.69, 9.17) is 0 Å². The number of carbonyl (C=O) groups is 2. The fourth-order valence-electron chi connectivity index (χ4n) is 4.61. The second-order valence-corrected chi connectivity index (χ2v) is 8.58. The first-order valence-electron chi connectivity index (χ1n) is 11.2. The molecule has 1 heterocycles. The van der Waals surface area contributed by atoms with E-state index in [1.165, 1.54) is 10.8 Å². The molecule has 1 saturated heterocycles. The molecule has 0 spiro atoms. The van der Waals surface area contributed by atoms with Crippen LogP contribution in [-0.2, 0) is 9.59 Å². The van der Waals surface area contributed by atoms with Crippen molar-refractivity contribution in [1.29, 1.82) is 0 Å². The summed E-state index contributed by atoms with van der Waals surface area (Å²) in [5.41, 5.74) is 0.793. The molecule has 0 saturated carbocycles. The molecule has 0 aliphatic carbocycles. The highest BCUT2D eigenvalue weighted by Crippen LogP contribution is 2.35. The molecule has 0 bridgehead atoms. The Morgan fingerprint density at radius 2 is 1.41 bits per heavy atom. The summed E-state index contributed by atoms with van der Waals surface area (Å²) in [6.07, 6.45) is 0.428. The molecule has 0 radical (unpaired) electrons. The summed E-state index contributed by atoms with van der Waals surface area (Å²) in [6, 6.07) is 22.8. The number of carbonyl (C=O) groups excluding carboxylic acids is 2. The normalized spacial score (nSPS) is 14.8. The molecule has 1 aliphatic heterocycles. The van der Waals surface area contributed by atoms with Crippen LogP contribution in [0.25, 0.3) is 32.3 Å². The Bertz CT molecular complexity index is 1320. The lowest BCUT2D eigenvalue weighted by Crippen LogP contribution is -2.47. The first kappa shape index (κ1) is 20.5. The van der Waals surface area contributed by atoms with E-state index in [1.807, 2.05) is 35.2 Å². The van der Waals surface area contributed by atoms with Gasteiger partial charge in [-0.25, -0.2) is 0 Å². The van der Waals surface area contributed by atoms with Gasteiger partial charge in [0.05, 0.1) is 0 Å². The van der Waals surface area contributed by atoms with Gasteiger partial charge in [0.1, 0.15) is 0 Å². The van der Waals surface area contributed by atoms with Crippen LogP contribution in [0.4, 0.5) is 5.69 Å². The summed E-state index contributed by atoms with van der Waals surface area (Å²) >= 11 is 0. The molecule has 4 aromatic rings. The highest BCUT2D eigenvalue weighted by atomic mass is 16.2. The van der Waals surface area contributed by atoms with Gasteiger partial charge in [0.15, 0.2) is 0 Å². The van der Waals surface area contributed by atoms with Crippen molar-refractivity contribution in [2.24, 2.45) is 0 Å². The number of anilines is 1. The summed E-state index contributed by atoms with van der Waals surface area (Å²) in [7, 11) is 2.06. The Morgan fingerprint density at radius 3 is 2.19 bits per heavy atom. The lowest BCUT2D eigenvalue weighted by molar-refractivity contribution is -0.134. The first-order valence-corrected chi connectivity index (χ1v) is 11.2. The number of amides is 2. The van der Waals surface area contributed by atoms with Crippen LogP contribution in [0.3, 0.4) is 0 Å². The minimum Gasteiger partial charge on any atom is -0.340 e. The summed E-state index contributed by atoms with van der Waals surface area (Å²) in [4.78, 5) is 29.4. The highest BCUT2D eigenvalue weighted by molar-refractivity contribution is 6.21. The van der Waals surface area contributed by atoms with Crippen molar-refractivity contribution in [3.8, 4) is 0 Å². The number of rotatable bonds is 4. The number of hydrogen-bond donors (Lipinski definition) is 1. The average molecular weight is 426 g/mol. The van der Waals surface area contributed by atoms with E-state index in [0.29, 0.717) is 0 Å². The standard InChI is InChI=1S/C27H27N3O2/c1-29-14-16-30(17-15-29)27(32)13-12-26(31)28-25-18-24-20-7-3-2-6-19(20)10-11-22(24)21-8-4-5-9-23(21)25/h2-11,18H,12-17H2,1H3,(H,28,31). The van der Waals surface area contributed by atoms with Gasteiger partial charge in [-0.3, -0.25) is 9.59 Å². The Labute approximate surface area is 187 Å². The first-order chi connectivity index (χ1) is 15.6. The summed E-state index contributed by atoms with van der Waals surface area (Å²) < 4.78 is 0. The van der Waals surface area contributed by atoms with Crippen molar-refractivity contribution in [1.82, 2.24) is 9.80 Å². The van der Waals surface area contributed by atoms with E-state index in [0.717, 1.165) is 53.4 Å². The van der Waals surface area contributed by atoms with Crippen LogP contribution in [0.1, 0.15) is 12.8 Å². The molecule has 0 aromatic heterocycles. The topological polar surface area (TPSA) is 52.7 Å². The number of hydrogen-bond acceptors (Lipinski definition) is 3. The van der Waals surface area contributed by atoms with Crippen LogP contribution in [0.2, 0.25) is 0 Å². The van der Waals surface area contributed by atoms with E-state index in [2.05, 4.69) is 53.7 Å². The number of likely N-dealkylation sites (N-methyl/N-ethyl adjacent to an activating group) is 1. The Kier molecular flexibility index (Phi) is 5.50. The van der Waals surface area contributed by atoms with Gasteiger partial charge >= 0.3 is 0 Å². The Balaban J connectivity index is 1.41. The fraction of sp³-hybridized carbons (Fsp3) is 0.259. The molecular formula is C27H27N3O2. The van der Waals surface area contributed by atoms with Crippen molar-refractivity contribution in [2.45, 2.75) is 12.8 Å². The molecule has 0 atom stereocenters. The smallest absolute Gasteiger partial charge is 0.224 e. The number of fused-ring (bicyclic) bond motifs is 5. The number of nitrogens with one attached hydrogen (secondary N) is 1. The van der Waals surface area contributed by atoms with Gasteiger partial charge in [0, 0.05) is 50.1 Å². The van der Waals surface area contributed by atoms with E-state index in [1.54, 1.807) is 0 Å². The van der Waals surface area contributed by atoms with Gasteiger partial charge in [-0.05, 0) is 40.0 Å². The molecular weight excluding hydrogens is 398 g/mol. The molecule has 162 valence electrons. The Morgan fingerprint density at radius 1 is 0.750 bits per heavy atom. The lowest BCUT2D eigenvalue weighted by Gasteiger charge is -2.32. The average Bonchev–Trinajstić information content (AvgIpc) is 2.83. The van der Waals surface area contributed by atoms with Crippen molar-refractivity contribution < 1.29 is 9.59 Å². The van der Waals surface area contributed by atoms with Crippen LogP contribution in [0, 0.1) is 0 Å². The minimum absolute atomic E-state index is 0.0580. The maximum absolute atomic E-state index is 12.8. The number of benzene rings is 4. The SMILES string of the molecule is CN1CCN(C(=O)CCC(=O)Nc2cc3c4ccccc4ccc3c3ccccc23)CC1. The van der Waals surface area contributed by atoms with Gasteiger partial charge in [0.2, 0.25) is 11.8 Å². The van der Waals surface area contributed by atoms with Crippen molar-refractivity contribution >= 4 is 49.8 Å². The second kappa shape index (κ2) is 8.60. The lowest BCUT2D eigenvalue weighted by atomic mass is 9.96. The molecule has 2 amide bonds. The van der Waals surface area contributed by atoms with Gasteiger partial charge in [-0.1, -0.05) is 60.7 Å². The second-order valence-electron chi connectivity index (χ2n) is 8.58. The molecule has 5 heteroatoms. The fourth-order valence-corrected chi connectivity index (χ4v) is 4.61. The minimum atomic E-state index is -0.128. The molecule has 1 fully saturated rings. The third kappa shape index (κ3) is 3.92. The maximum atomic E-state index is 12.8. The summed E-state index contributed by atoms with van der Waals surface area (Å²) in [5, 5.41) is 9.83. The molecule has 32 heavy (non-hydrogen) atoms. The zero-order valence-electron chi connectivity index (χ0n) is 18.3. The van der Waals surface area contributed by atoms with Crippen molar-refractivity contribution in [3.05, 3.63) is 66.7 Å². The third-order valence-electron chi connectivity index (χ3n) is 6.46. The quantitative estimate of drug-likeness (QED) is 0.485. The van der Waals surface area contributed by atoms with Crippen molar-refractivity contribution in [3.63, 3.8) is 0 Å². The number of nitrogens with zero attached hydrogens (tertiary/aromatic N) is 2. The molecule has 4 aromatic carbocycles. The molecule has 1 aliphatic rings. The van der Waals surface area contributed by atoms with Crippen LogP contribution >= 0.6 is 0 Å². The van der Waals surface area contributed by atoms with Gasteiger partial charge in [-0.15, -0.1) is 0 Å². The van der Waals surface area contributed by atoms with E-state index in [9.17, 15) is 9.59 Å². The zero-order valence-corrected chi connectivity index (χ0v) is 18.3. The zero-order chi connectivity index (χ0) is 22.1. The maximum Gasteiger partial charge on any atom is 0.224 e. The van der Waals surface area contributed by atoms with Crippen LogP contribution in [0.5, 0.6) is 0 Å². The van der Waals surface area contributed by atoms with Crippen LogP contribution < -0.4 is 5.32 Å². The van der Waals surface area contributed by atoms with E-state index >= 15 is 0 Å². The van der Waals surface area contributed by atoms with Crippen LogP contribution in [-0.4, -0.2) is 54.8 Å². The molecule has 5 nitrogen and oxygen atoms in total. The molecule has 0 unspecified atom stereocenters. The highest BCUT2D eigenvalue weighted by Gasteiger charge is 2.20. The summed E-state index contributed by atoms with van der Waals surface area (Å²) in [5.74, 6) is -0.0696. The molecule has 1 N–H and O–H groups in total. The van der Waals surface area contributed by atoms with Gasteiger partial charge < -0.3 is 15.1 Å². The van der Waals surface area contributed by atoms with Crippen LogP contribution in [0.15, 0.2) is 66.7 Å². The largest absolute Gasteiger partial charge is 0.340 e. The predicted octanol–water partition coefficient (Wildman–Crippen LogP) is 4.64. The Hall–Kier alpha value is -3.44. The summed E-state index contributed by atoms with van der Waals surface area (Å²) in [6.45, 7) is 3.24. The van der Waals surface area contributed by atoms with Gasteiger partial charge in [0.25, 0.3) is 0 Å². The van der Waals surface area contributed by atoms with Gasteiger partial charge in [-0.2, -0.15) is 0 Å². The van der Waals surface area contributed by atoms with Crippen molar-refractivity contribution in [2.75, 3.05) is 38.5 Å². The van der Waals surface area contributed by atoms with E-state index < -0.39 is 0 Å². The predicted molar refractivity (Wildman–Crippen MR) is 131 cm³/mol. The van der Waals surface area contributed by atoms with E-state index in [-0.39, 0.29) is 24.7 Å². The third-order valence-corrected chi connectivity index (χ3v) is 6.46. The monoisotopic (exact) mass is 425 g/mol. The number of piperazine rings is 1.